The van der Waals surface area contributed by atoms with Crippen molar-refractivity contribution >= 4 is 34.9 Å². The van der Waals surface area contributed by atoms with Gasteiger partial charge in [-0.2, -0.15) is 5.26 Å². The average molecular weight is 351 g/mol. The number of carbonyl (C=O) groups is 1. The number of rotatable bonds is 6. The van der Waals surface area contributed by atoms with E-state index in [1.807, 2.05) is 37.3 Å². The molecular weight excluding hydrogens is 334 g/mol. The molecule has 6 heteroatoms. The lowest BCUT2D eigenvalue weighted by molar-refractivity contribution is -0.118. The Morgan fingerprint density at radius 1 is 1.32 bits per heavy atom. The van der Waals surface area contributed by atoms with Crippen molar-refractivity contribution in [3.63, 3.8) is 0 Å². The van der Waals surface area contributed by atoms with Crippen molar-refractivity contribution in [2.45, 2.75) is 6.92 Å². The Kier molecular flexibility index (Phi) is 6.26. The van der Waals surface area contributed by atoms with Gasteiger partial charge in [-0.05, 0) is 48.4 Å². The first-order valence-corrected chi connectivity index (χ1v) is 7.90. The Morgan fingerprint density at radius 2 is 2.04 bits per heavy atom. The lowest BCUT2D eigenvalue weighted by Crippen LogP contribution is -2.20. The van der Waals surface area contributed by atoms with Gasteiger partial charge in [0.1, 0.15) is 16.8 Å². The number of benzene rings is 2. The molecular formula is C19H17N3O2S. The van der Waals surface area contributed by atoms with E-state index in [-0.39, 0.29) is 23.1 Å². The average Bonchev–Trinajstić information content (AvgIpc) is 2.58. The molecule has 0 atom stereocenters. The molecule has 0 bridgehead atoms. The number of nitriles is 1. The first-order valence-electron chi connectivity index (χ1n) is 7.49. The third-order valence-electron chi connectivity index (χ3n) is 3.25. The maximum Gasteiger partial charge on any atom is 0.262 e. The highest BCUT2D eigenvalue weighted by Crippen LogP contribution is 2.15. The third-order valence-corrected chi connectivity index (χ3v) is 3.47. The van der Waals surface area contributed by atoms with Crippen LogP contribution in [-0.2, 0) is 4.79 Å². The molecule has 2 rings (SSSR count). The molecule has 0 fully saturated rings. The molecule has 0 unspecified atom stereocenters. The van der Waals surface area contributed by atoms with E-state index in [1.165, 1.54) is 0 Å². The molecule has 1 amide bonds. The number of anilines is 1. The molecule has 5 nitrogen and oxygen atoms in total. The van der Waals surface area contributed by atoms with Crippen molar-refractivity contribution in [3.8, 4) is 11.8 Å². The first kappa shape index (κ1) is 18.2. The standard InChI is InChI=1S/C19H17N3O2S/c1-13-3-2-4-16(9-13)22-18(23)12-24-17-7-5-14(6-8-17)10-15(11-20)19(21)25/h2-10H,12H2,1H3,(H2,21,25)(H,22,23). The summed E-state index contributed by atoms with van der Waals surface area (Å²) in [5.74, 6) is 0.306. The molecule has 0 saturated heterocycles. The Balaban J connectivity index is 1.92. The van der Waals surface area contributed by atoms with E-state index in [0.717, 1.165) is 16.8 Å². The van der Waals surface area contributed by atoms with Gasteiger partial charge < -0.3 is 15.8 Å². The first-order chi connectivity index (χ1) is 12.0. The number of nitrogens with zero attached hydrogens (tertiary/aromatic N) is 1. The largest absolute Gasteiger partial charge is 0.484 e. The van der Waals surface area contributed by atoms with Gasteiger partial charge in [-0.3, -0.25) is 4.79 Å². The summed E-state index contributed by atoms with van der Waals surface area (Å²) >= 11 is 4.79. The minimum atomic E-state index is -0.241. The summed E-state index contributed by atoms with van der Waals surface area (Å²) in [6.07, 6.45) is 1.59. The van der Waals surface area contributed by atoms with E-state index in [0.29, 0.717) is 5.75 Å². The molecule has 126 valence electrons. The topological polar surface area (TPSA) is 88.1 Å². The molecule has 0 aliphatic carbocycles. The molecule has 2 aromatic carbocycles. The van der Waals surface area contributed by atoms with Crippen LogP contribution in [0.2, 0.25) is 0 Å². The van der Waals surface area contributed by atoms with Crippen molar-refractivity contribution < 1.29 is 9.53 Å². The minimum absolute atomic E-state index is 0.0515. The zero-order valence-electron chi connectivity index (χ0n) is 13.7. The maximum atomic E-state index is 11.9. The van der Waals surface area contributed by atoms with E-state index in [9.17, 15) is 4.79 Å². The van der Waals surface area contributed by atoms with E-state index >= 15 is 0 Å². The fraction of sp³-hybridized carbons (Fsp3) is 0.105. The van der Waals surface area contributed by atoms with Crippen LogP contribution in [0.25, 0.3) is 6.08 Å². The predicted octanol–water partition coefficient (Wildman–Crippen LogP) is 3.21. The van der Waals surface area contributed by atoms with E-state index in [2.05, 4.69) is 5.32 Å². The molecule has 25 heavy (non-hydrogen) atoms. The maximum absolute atomic E-state index is 11.9. The third kappa shape index (κ3) is 5.75. The smallest absolute Gasteiger partial charge is 0.262 e. The van der Waals surface area contributed by atoms with Crippen LogP contribution >= 0.6 is 12.2 Å². The number of aryl methyl sites for hydroxylation is 1. The number of thiocarbonyl (C=S) groups is 1. The highest BCUT2D eigenvalue weighted by atomic mass is 32.1. The highest BCUT2D eigenvalue weighted by Gasteiger charge is 2.04. The lowest BCUT2D eigenvalue weighted by Gasteiger charge is -2.08. The number of ether oxygens (including phenoxy) is 1. The van der Waals surface area contributed by atoms with Gasteiger partial charge in [0.05, 0.1) is 5.57 Å². The molecule has 2 aromatic rings. The van der Waals surface area contributed by atoms with Gasteiger partial charge in [0.25, 0.3) is 5.91 Å². The summed E-state index contributed by atoms with van der Waals surface area (Å²) in [4.78, 5) is 12.0. The lowest BCUT2D eigenvalue weighted by atomic mass is 10.1. The number of hydrogen-bond donors (Lipinski definition) is 2. The Hall–Kier alpha value is -3.17. The van der Waals surface area contributed by atoms with Crippen LogP contribution in [0, 0.1) is 18.3 Å². The molecule has 0 aliphatic rings. The van der Waals surface area contributed by atoms with E-state index in [4.69, 9.17) is 28.0 Å². The van der Waals surface area contributed by atoms with Crippen LogP contribution in [0.5, 0.6) is 5.75 Å². The second-order valence-electron chi connectivity index (χ2n) is 5.31. The molecule has 0 radical (unpaired) electrons. The highest BCUT2D eigenvalue weighted by molar-refractivity contribution is 7.80. The number of nitrogens with one attached hydrogen (secondary N) is 1. The van der Waals surface area contributed by atoms with Crippen LogP contribution in [0.4, 0.5) is 5.69 Å². The van der Waals surface area contributed by atoms with Crippen LogP contribution < -0.4 is 15.8 Å². The molecule has 0 aromatic heterocycles. The fourth-order valence-electron chi connectivity index (χ4n) is 2.05. The monoisotopic (exact) mass is 351 g/mol. The Bertz CT molecular complexity index is 852. The summed E-state index contributed by atoms with van der Waals surface area (Å²) in [6, 6.07) is 16.4. The van der Waals surface area contributed by atoms with Gasteiger partial charge in [0.15, 0.2) is 6.61 Å². The summed E-state index contributed by atoms with van der Waals surface area (Å²) in [5, 5.41) is 11.7. The van der Waals surface area contributed by atoms with E-state index < -0.39 is 0 Å². The molecule has 3 N–H and O–H groups in total. The van der Waals surface area contributed by atoms with Gasteiger partial charge in [-0.25, -0.2) is 0 Å². The number of nitrogens with two attached hydrogens (primary N) is 1. The van der Waals surface area contributed by atoms with Gasteiger partial charge in [0, 0.05) is 5.69 Å². The summed E-state index contributed by atoms with van der Waals surface area (Å²) in [5.41, 5.74) is 8.25. The minimum Gasteiger partial charge on any atom is -0.484 e. The predicted molar refractivity (Wildman–Crippen MR) is 102 cm³/mol. The number of amides is 1. The van der Waals surface area contributed by atoms with Crippen LogP contribution in [0.1, 0.15) is 11.1 Å². The summed E-state index contributed by atoms with van der Waals surface area (Å²) in [7, 11) is 0. The van der Waals surface area contributed by atoms with Crippen molar-refractivity contribution in [3.05, 3.63) is 65.2 Å². The Labute approximate surface area is 151 Å². The summed E-state index contributed by atoms with van der Waals surface area (Å²) in [6.45, 7) is 1.86. The van der Waals surface area contributed by atoms with Gasteiger partial charge in [-0.1, -0.05) is 36.5 Å². The second kappa shape index (κ2) is 8.62. The van der Waals surface area contributed by atoms with Crippen molar-refractivity contribution in [1.29, 1.82) is 5.26 Å². The van der Waals surface area contributed by atoms with E-state index in [1.54, 1.807) is 30.3 Å². The molecule has 0 heterocycles. The van der Waals surface area contributed by atoms with Crippen molar-refractivity contribution in [2.75, 3.05) is 11.9 Å². The van der Waals surface area contributed by atoms with Gasteiger partial charge in [0.2, 0.25) is 0 Å². The number of carbonyl (C=O) groups excluding carboxylic acids is 1. The van der Waals surface area contributed by atoms with Crippen molar-refractivity contribution in [2.24, 2.45) is 5.73 Å². The summed E-state index contributed by atoms with van der Waals surface area (Å²) < 4.78 is 5.46. The number of hydrogen-bond acceptors (Lipinski definition) is 4. The zero-order valence-corrected chi connectivity index (χ0v) is 14.5. The fourth-order valence-corrected chi connectivity index (χ4v) is 2.16. The van der Waals surface area contributed by atoms with Crippen LogP contribution in [-0.4, -0.2) is 17.5 Å². The normalized spacial score (nSPS) is 10.6. The molecule has 0 aliphatic heterocycles. The van der Waals surface area contributed by atoms with Crippen molar-refractivity contribution in [1.82, 2.24) is 0 Å². The van der Waals surface area contributed by atoms with Gasteiger partial charge in [-0.15, -0.1) is 0 Å². The SMILES string of the molecule is Cc1cccc(NC(=O)COc2ccc(C=C(C#N)C(N)=S)cc2)c1. The molecule has 0 spiro atoms. The van der Waals surface area contributed by atoms with Crippen LogP contribution in [0.15, 0.2) is 54.1 Å². The molecule has 0 saturated carbocycles. The Morgan fingerprint density at radius 3 is 2.64 bits per heavy atom. The van der Waals surface area contributed by atoms with Crippen LogP contribution in [0.3, 0.4) is 0 Å². The second-order valence-corrected chi connectivity index (χ2v) is 5.75. The quantitative estimate of drug-likeness (QED) is 0.474. The van der Waals surface area contributed by atoms with Gasteiger partial charge >= 0.3 is 0 Å². The zero-order chi connectivity index (χ0) is 18.2.